The largest absolute Gasteiger partial charge is 0.496 e. The van der Waals surface area contributed by atoms with Crippen LogP contribution in [0.25, 0.3) is 0 Å². The van der Waals surface area contributed by atoms with Crippen molar-refractivity contribution in [3.05, 3.63) is 65.9 Å². The fraction of sp³-hybridized carbons (Fsp3) is 0.174. The highest BCUT2D eigenvalue weighted by atomic mass is 16.5. The maximum atomic E-state index is 12.7. The van der Waals surface area contributed by atoms with Crippen LogP contribution in [0.3, 0.4) is 0 Å². The van der Waals surface area contributed by atoms with E-state index in [1.807, 2.05) is 0 Å². The molecule has 0 radical (unpaired) electrons. The Kier molecular flexibility index (Phi) is 7.12. The lowest BCUT2D eigenvalue weighted by atomic mass is 10.1. The number of hydrogen-bond donors (Lipinski definition) is 2. The van der Waals surface area contributed by atoms with E-state index >= 15 is 0 Å². The fourth-order valence-electron chi connectivity index (χ4n) is 2.97. The van der Waals surface area contributed by atoms with Crippen LogP contribution in [-0.2, 0) is 0 Å². The van der Waals surface area contributed by atoms with Crippen molar-refractivity contribution in [2.75, 3.05) is 39.1 Å². The number of carbonyl (C=O) groups excluding carboxylic acids is 2. The van der Waals surface area contributed by atoms with Crippen LogP contribution in [0.4, 0.5) is 11.5 Å². The van der Waals surface area contributed by atoms with Crippen LogP contribution in [0.15, 0.2) is 54.7 Å². The third-order valence-electron chi connectivity index (χ3n) is 4.54. The van der Waals surface area contributed by atoms with Gasteiger partial charge in [-0.1, -0.05) is 12.1 Å². The topological polar surface area (TPSA) is 108 Å². The molecule has 0 fully saturated rings. The molecule has 0 saturated carbocycles. The van der Waals surface area contributed by atoms with Crippen LogP contribution in [0.2, 0.25) is 0 Å². The van der Waals surface area contributed by atoms with E-state index in [0.717, 1.165) is 0 Å². The van der Waals surface area contributed by atoms with Crippen molar-refractivity contribution in [1.29, 1.82) is 0 Å². The van der Waals surface area contributed by atoms with Crippen molar-refractivity contribution in [3.8, 4) is 23.0 Å². The van der Waals surface area contributed by atoms with Crippen LogP contribution < -0.4 is 29.6 Å². The van der Waals surface area contributed by atoms with Crippen LogP contribution in [0.5, 0.6) is 23.0 Å². The lowest BCUT2D eigenvalue weighted by Gasteiger charge is -2.14. The number of anilines is 2. The number of benzene rings is 2. The molecular formula is C23H23N3O6. The molecule has 0 spiro atoms. The second kappa shape index (κ2) is 10.2. The second-order valence-electron chi connectivity index (χ2n) is 6.45. The predicted octanol–water partition coefficient (Wildman–Crippen LogP) is 3.62. The molecule has 3 aromatic rings. The minimum atomic E-state index is -0.392. The van der Waals surface area contributed by atoms with Gasteiger partial charge in [0.25, 0.3) is 11.8 Å². The van der Waals surface area contributed by atoms with Gasteiger partial charge in [0.05, 0.1) is 45.9 Å². The van der Waals surface area contributed by atoms with Gasteiger partial charge in [-0.15, -0.1) is 0 Å². The van der Waals surface area contributed by atoms with Gasteiger partial charge in [-0.25, -0.2) is 4.98 Å². The predicted molar refractivity (Wildman–Crippen MR) is 119 cm³/mol. The number of aromatic nitrogens is 1. The number of methoxy groups -OCH3 is 4. The molecule has 0 atom stereocenters. The summed E-state index contributed by atoms with van der Waals surface area (Å²) in [5.41, 5.74) is 1.14. The van der Waals surface area contributed by atoms with Crippen LogP contribution in [0, 0.1) is 0 Å². The smallest absolute Gasteiger partial charge is 0.260 e. The quantitative estimate of drug-likeness (QED) is 0.554. The molecular weight excluding hydrogens is 414 g/mol. The summed E-state index contributed by atoms with van der Waals surface area (Å²) in [5.74, 6) is 1.16. The molecule has 0 aliphatic carbocycles. The van der Waals surface area contributed by atoms with Crippen molar-refractivity contribution in [2.45, 2.75) is 0 Å². The number of carbonyl (C=O) groups is 2. The first-order valence-corrected chi connectivity index (χ1v) is 9.52. The number of ether oxygens (including phenoxy) is 4. The molecule has 0 saturated heterocycles. The summed E-state index contributed by atoms with van der Waals surface area (Å²) in [5, 5.41) is 5.44. The Morgan fingerprint density at radius 2 is 1.41 bits per heavy atom. The average molecular weight is 437 g/mol. The summed E-state index contributed by atoms with van der Waals surface area (Å²) >= 11 is 0. The zero-order valence-electron chi connectivity index (χ0n) is 18.1. The molecule has 3 rings (SSSR count). The number of para-hydroxylation sites is 1. The van der Waals surface area contributed by atoms with E-state index in [9.17, 15) is 9.59 Å². The molecule has 166 valence electrons. The van der Waals surface area contributed by atoms with Gasteiger partial charge in [0.15, 0.2) is 11.5 Å². The zero-order valence-corrected chi connectivity index (χ0v) is 18.1. The van der Waals surface area contributed by atoms with E-state index < -0.39 is 5.91 Å². The molecule has 2 aromatic carbocycles. The Balaban J connectivity index is 1.72. The highest BCUT2D eigenvalue weighted by Gasteiger charge is 2.17. The summed E-state index contributed by atoms with van der Waals surface area (Å²) in [6.07, 6.45) is 1.44. The van der Waals surface area contributed by atoms with Crippen LogP contribution in [-0.4, -0.2) is 45.2 Å². The molecule has 1 aromatic heterocycles. The minimum Gasteiger partial charge on any atom is -0.496 e. The number of amides is 2. The molecule has 0 bridgehead atoms. The Bertz CT molecular complexity index is 1090. The van der Waals surface area contributed by atoms with Crippen LogP contribution >= 0.6 is 0 Å². The Labute approximate surface area is 185 Å². The fourth-order valence-corrected chi connectivity index (χ4v) is 2.97. The van der Waals surface area contributed by atoms with Gasteiger partial charge in [-0.3, -0.25) is 9.59 Å². The van der Waals surface area contributed by atoms with Gasteiger partial charge in [-0.2, -0.15) is 0 Å². The minimum absolute atomic E-state index is 0.313. The molecule has 2 amide bonds. The van der Waals surface area contributed by atoms with Gasteiger partial charge in [0, 0.05) is 5.56 Å². The van der Waals surface area contributed by atoms with E-state index in [4.69, 9.17) is 18.9 Å². The highest BCUT2D eigenvalue weighted by molar-refractivity contribution is 6.06. The Morgan fingerprint density at radius 3 is 1.97 bits per heavy atom. The second-order valence-corrected chi connectivity index (χ2v) is 6.45. The summed E-state index contributed by atoms with van der Waals surface area (Å²) in [6, 6.07) is 13.2. The van der Waals surface area contributed by atoms with Crippen molar-refractivity contribution < 1.29 is 28.5 Å². The monoisotopic (exact) mass is 437 g/mol. The first kappa shape index (κ1) is 22.4. The maximum Gasteiger partial charge on any atom is 0.260 e. The van der Waals surface area contributed by atoms with E-state index in [-0.39, 0.29) is 5.91 Å². The van der Waals surface area contributed by atoms with Gasteiger partial charge < -0.3 is 29.6 Å². The van der Waals surface area contributed by atoms with E-state index in [0.29, 0.717) is 45.6 Å². The molecule has 0 aliphatic rings. The van der Waals surface area contributed by atoms with Crippen molar-refractivity contribution in [3.63, 3.8) is 0 Å². The Morgan fingerprint density at radius 1 is 0.750 bits per heavy atom. The summed E-state index contributed by atoms with van der Waals surface area (Å²) in [7, 11) is 5.93. The molecule has 32 heavy (non-hydrogen) atoms. The lowest BCUT2D eigenvalue weighted by Crippen LogP contribution is -2.15. The van der Waals surface area contributed by atoms with Gasteiger partial charge >= 0.3 is 0 Å². The van der Waals surface area contributed by atoms with Crippen molar-refractivity contribution in [1.82, 2.24) is 4.98 Å². The van der Waals surface area contributed by atoms with E-state index in [1.54, 1.807) is 48.5 Å². The molecule has 9 nitrogen and oxygen atoms in total. The van der Waals surface area contributed by atoms with Crippen LogP contribution in [0.1, 0.15) is 20.7 Å². The Hall–Kier alpha value is -4.27. The van der Waals surface area contributed by atoms with Gasteiger partial charge in [0.2, 0.25) is 5.75 Å². The average Bonchev–Trinajstić information content (AvgIpc) is 2.83. The van der Waals surface area contributed by atoms with Gasteiger partial charge in [0.1, 0.15) is 11.6 Å². The lowest BCUT2D eigenvalue weighted by molar-refractivity contribution is 0.101. The first-order chi connectivity index (χ1) is 15.5. The highest BCUT2D eigenvalue weighted by Crippen LogP contribution is 2.38. The molecule has 9 heteroatoms. The molecule has 2 N–H and O–H groups in total. The summed E-state index contributed by atoms with van der Waals surface area (Å²) in [6.45, 7) is 0. The van der Waals surface area contributed by atoms with E-state index in [1.165, 1.54) is 34.6 Å². The molecule has 1 heterocycles. The number of hydrogen-bond acceptors (Lipinski definition) is 7. The number of nitrogens with one attached hydrogen (secondary N) is 2. The first-order valence-electron chi connectivity index (χ1n) is 9.52. The molecule has 0 unspecified atom stereocenters. The summed E-state index contributed by atoms with van der Waals surface area (Å²) < 4.78 is 21.0. The van der Waals surface area contributed by atoms with Crippen molar-refractivity contribution >= 4 is 23.3 Å². The third-order valence-corrected chi connectivity index (χ3v) is 4.54. The molecule has 0 aliphatic heterocycles. The standard InChI is InChI=1S/C23H23N3O6/c1-29-17-8-6-5-7-16(17)23(28)26-20-10-9-15(13-24-20)25-22(27)14-11-18(30-2)21(32-4)19(12-14)31-3/h5-13H,1-4H3,(H,25,27)(H,24,26,28). The maximum absolute atomic E-state index is 12.7. The van der Waals surface area contributed by atoms with Gasteiger partial charge in [-0.05, 0) is 36.4 Å². The third kappa shape index (κ3) is 4.89. The number of rotatable bonds is 8. The SMILES string of the molecule is COc1ccccc1C(=O)Nc1ccc(NC(=O)c2cc(OC)c(OC)c(OC)c2)cn1. The van der Waals surface area contributed by atoms with Crippen molar-refractivity contribution in [2.24, 2.45) is 0 Å². The summed E-state index contributed by atoms with van der Waals surface area (Å²) in [4.78, 5) is 29.4. The van der Waals surface area contributed by atoms with E-state index in [2.05, 4.69) is 15.6 Å². The normalized spacial score (nSPS) is 10.1. The number of nitrogens with zero attached hydrogens (tertiary/aromatic N) is 1. The zero-order chi connectivity index (χ0) is 23.1. The number of pyridine rings is 1.